The molecule has 7 nitrogen and oxygen atoms in total. The monoisotopic (exact) mass is 396 g/mol. The molecule has 0 bridgehead atoms. The Bertz CT molecular complexity index is 853. The maximum Gasteiger partial charge on any atom is 0.251 e. The van der Waals surface area contributed by atoms with E-state index in [-0.39, 0.29) is 24.5 Å². The van der Waals surface area contributed by atoms with Crippen molar-refractivity contribution in [1.29, 1.82) is 0 Å². The van der Waals surface area contributed by atoms with E-state index < -0.39 is 0 Å². The first-order valence-electron chi connectivity index (χ1n) is 9.81. The Morgan fingerprint density at radius 2 is 1.90 bits per heavy atom. The molecule has 1 aliphatic rings. The predicted molar refractivity (Wildman–Crippen MR) is 115 cm³/mol. The lowest BCUT2D eigenvalue weighted by atomic mass is 10.2. The lowest BCUT2D eigenvalue weighted by Crippen LogP contribution is -2.46. The zero-order valence-electron chi connectivity index (χ0n) is 17.1. The van der Waals surface area contributed by atoms with Gasteiger partial charge < -0.3 is 20.3 Å². The third-order valence-electron chi connectivity index (χ3n) is 4.89. The molecule has 0 spiro atoms. The first kappa shape index (κ1) is 20.7. The van der Waals surface area contributed by atoms with Crippen LogP contribution in [0.3, 0.4) is 0 Å². The summed E-state index contributed by atoms with van der Waals surface area (Å²) in [5.74, 6) is 0.626. The lowest BCUT2D eigenvalue weighted by molar-refractivity contribution is -0.117. The fourth-order valence-corrected chi connectivity index (χ4v) is 3.48. The summed E-state index contributed by atoms with van der Waals surface area (Å²) in [5, 5.41) is 5.44. The third kappa shape index (κ3) is 5.26. The van der Waals surface area contributed by atoms with Crippen LogP contribution in [0.5, 0.6) is 5.75 Å². The first-order valence-corrected chi connectivity index (χ1v) is 9.81. The van der Waals surface area contributed by atoms with Crippen molar-refractivity contribution in [3.63, 3.8) is 0 Å². The second kappa shape index (κ2) is 9.43. The van der Waals surface area contributed by atoms with Gasteiger partial charge in [-0.3, -0.25) is 14.5 Å². The number of likely N-dealkylation sites (N-methyl/N-ethyl adjacent to an activating group) is 2. The number of nitrogens with one attached hydrogen (secondary N) is 2. The molecule has 0 aromatic heterocycles. The summed E-state index contributed by atoms with van der Waals surface area (Å²) in [6, 6.07) is 14.9. The molecule has 2 amide bonds. The van der Waals surface area contributed by atoms with Crippen molar-refractivity contribution in [2.45, 2.75) is 13.0 Å². The van der Waals surface area contributed by atoms with E-state index >= 15 is 0 Å². The summed E-state index contributed by atoms with van der Waals surface area (Å²) in [6.07, 6.45) is -0.00510. The van der Waals surface area contributed by atoms with Crippen LogP contribution < -0.4 is 20.3 Å². The van der Waals surface area contributed by atoms with Crippen LogP contribution in [0.15, 0.2) is 48.5 Å². The van der Waals surface area contributed by atoms with Gasteiger partial charge >= 0.3 is 0 Å². The van der Waals surface area contributed by atoms with Gasteiger partial charge in [0.2, 0.25) is 5.91 Å². The minimum absolute atomic E-state index is 0.00510. The van der Waals surface area contributed by atoms with E-state index in [1.165, 1.54) is 0 Å². The van der Waals surface area contributed by atoms with E-state index in [2.05, 4.69) is 28.5 Å². The molecule has 1 atom stereocenters. The minimum Gasteiger partial charge on any atom is -0.485 e. The Hall–Kier alpha value is -3.06. The summed E-state index contributed by atoms with van der Waals surface area (Å²) < 4.78 is 6.13. The number of carbonyl (C=O) groups excluding carboxylic acids is 2. The molecule has 3 rings (SSSR count). The van der Waals surface area contributed by atoms with E-state index in [1.54, 1.807) is 31.3 Å². The quantitative estimate of drug-likeness (QED) is 0.751. The number of para-hydroxylation sites is 2. The van der Waals surface area contributed by atoms with Crippen LogP contribution >= 0.6 is 0 Å². The van der Waals surface area contributed by atoms with Crippen LogP contribution in [0, 0.1) is 0 Å². The molecule has 2 N–H and O–H groups in total. The molecule has 154 valence electrons. The van der Waals surface area contributed by atoms with Gasteiger partial charge in [-0.05, 0) is 50.4 Å². The molecule has 0 fully saturated rings. The Labute approximate surface area is 171 Å². The molecule has 1 unspecified atom stereocenters. The number of carbonyl (C=O) groups is 2. The zero-order chi connectivity index (χ0) is 20.8. The molecule has 2 aromatic carbocycles. The van der Waals surface area contributed by atoms with Crippen LogP contribution in [-0.4, -0.2) is 63.1 Å². The van der Waals surface area contributed by atoms with Crippen molar-refractivity contribution in [2.24, 2.45) is 0 Å². The normalized spacial score (nSPS) is 15.4. The minimum atomic E-state index is -0.155. The van der Waals surface area contributed by atoms with Crippen molar-refractivity contribution in [2.75, 3.05) is 50.5 Å². The topological polar surface area (TPSA) is 73.9 Å². The lowest BCUT2D eigenvalue weighted by Gasteiger charge is -2.37. The Morgan fingerprint density at radius 1 is 1.17 bits per heavy atom. The number of amides is 2. The molecule has 0 radical (unpaired) electrons. The number of rotatable bonds is 7. The summed E-state index contributed by atoms with van der Waals surface area (Å²) in [6.45, 7) is 4.73. The van der Waals surface area contributed by atoms with E-state index in [0.717, 1.165) is 24.5 Å². The molecule has 7 heteroatoms. The van der Waals surface area contributed by atoms with Crippen molar-refractivity contribution >= 4 is 23.2 Å². The number of fused-ring (bicyclic) bond motifs is 1. The number of nitrogens with zero attached hydrogens (tertiary/aromatic N) is 2. The van der Waals surface area contributed by atoms with E-state index in [9.17, 15) is 9.59 Å². The summed E-state index contributed by atoms with van der Waals surface area (Å²) in [5.41, 5.74) is 2.33. The third-order valence-corrected chi connectivity index (χ3v) is 4.89. The molecule has 0 aliphatic carbocycles. The van der Waals surface area contributed by atoms with Crippen LogP contribution in [0.4, 0.5) is 11.4 Å². The SMILES string of the molecule is CCN1CC(CN(C)CC(=O)Nc2ccc(C(=O)NC)cc2)Oc2ccccc21. The van der Waals surface area contributed by atoms with Crippen LogP contribution in [0.25, 0.3) is 0 Å². The molecule has 1 aliphatic heterocycles. The van der Waals surface area contributed by atoms with Crippen molar-refractivity contribution in [3.8, 4) is 5.75 Å². The molecular formula is C22H28N4O3. The summed E-state index contributed by atoms with van der Waals surface area (Å²) >= 11 is 0. The Morgan fingerprint density at radius 3 is 2.59 bits per heavy atom. The van der Waals surface area contributed by atoms with Gasteiger partial charge in [0.15, 0.2) is 0 Å². The number of ether oxygens (including phenoxy) is 1. The highest BCUT2D eigenvalue weighted by molar-refractivity contribution is 5.96. The average Bonchev–Trinajstić information content (AvgIpc) is 2.72. The molecule has 1 heterocycles. The second-order valence-corrected chi connectivity index (χ2v) is 7.15. The van der Waals surface area contributed by atoms with E-state index in [0.29, 0.717) is 17.8 Å². The standard InChI is InChI=1S/C22H28N4O3/c1-4-26-14-18(29-20-8-6-5-7-19(20)26)13-25(3)15-21(27)24-17-11-9-16(10-12-17)22(28)23-2/h5-12,18H,4,13-15H2,1-3H3,(H,23,28)(H,24,27). The van der Waals surface area contributed by atoms with Gasteiger partial charge in [0.05, 0.1) is 18.8 Å². The smallest absolute Gasteiger partial charge is 0.251 e. The highest BCUT2D eigenvalue weighted by atomic mass is 16.5. The van der Waals surface area contributed by atoms with Crippen LogP contribution in [-0.2, 0) is 4.79 Å². The van der Waals surface area contributed by atoms with Gasteiger partial charge in [-0.2, -0.15) is 0 Å². The number of hydrogen-bond donors (Lipinski definition) is 2. The summed E-state index contributed by atoms with van der Waals surface area (Å²) in [7, 11) is 3.50. The van der Waals surface area contributed by atoms with Crippen molar-refractivity contribution < 1.29 is 14.3 Å². The first-order chi connectivity index (χ1) is 14.0. The van der Waals surface area contributed by atoms with Gasteiger partial charge in [0, 0.05) is 31.4 Å². The zero-order valence-corrected chi connectivity index (χ0v) is 17.1. The molecular weight excluding hydrogens is 368 g/mol. The average molecular weight is 396 g/mol. The Kier molecular flexibility index (Phi) is 6.72. The van der Waals surface area contributed by atoms with Gasteiger partial charge in [0.1, 0.15) is 11.9 Å². The summed E-state index contributed by atoms with van der Waals surface area (Å²) in [4.78, 5) is 28.2. The highest BCUT2D eigenvalue weighted by Crippen LogP contribution is 2.32. The maximum atomic E-state index is 12.4. The molecule has 2 aromatic rings. The van der Waals surface area contributed by atoms with Crippen molar-refractivity contribution in [3.05, 3.63) is 54.1 Å². The van der Waals surface area contributed by atoms with Gasteiger partial charge in [-0.25, -0.2) is 0 Å². The Balaban J connectivity index is 1.52. The van der Waals surface area contributed by atoms with Gasteiger partial charge in [-0.1, -0.05) is 12.1 Å². The van der Waals surface area contributed by atoms with Gasteiger partial charge in [-0.15, -0.1) is 0 Å². The maximum absolute atomic E-state index is 12.4. The van der Waals surface area contributed by atoms with Gasteiger partial charge in [0.25, 0.3) is 5.91 Å². The molecule has 0 saturated carbocycles. The fourth-order valence-electron chi connectivity index (χ4n) is 3.48. The number of anilines is 2. The molecule has 29 heavy (non-hydrogen) atoms. The highest BCUT2D eigenvalue weighted by Gasteiger charge is 2.25. The molecule has 0 saturated heterocycles. The number of hydrogen-bond acceptors (Lipinski definition) is 5. The van der Waals surface area contributed by atoms with E-state index in [1.807, 2.05) is 30.1 Å². The van der Waals surface area contributed by atoms with Crippen molar-refractivity contribution in [1.82, 2.24) is 10.2 Å². The predicted octanol–water partition coefficient (Wildman–Crippen LogP) is 2.20. The second-order valence-electron chi connectivity index (χ2n) is 7.15. The van der Waals surface area contributed by atoms with E-state index in [4.69, 9.17) is 4.74 Å². The van der Waals surface area contributed by atoms with Crippen LogP contribution in [0.2, 0.25) is 0 Å². The van der Waals surface area contributed by atoms with Crippen LogP contribution in [0.1, 0.15) is 17.3 Å². The number of benzene rings is 2. The fraction of sp³-hybridized carbons (Fsp3) is 0.364. The largest absolute Gasteiger partial charge is 0.485 e.